The zero-order chi connectivity index (χ0) is 11.8. The summed E-state index contributed by atoms with van der Waals surface area (Å²) in [6, 6.07) is 5.80. The summed E-state index contributed by atoms with van der Waals surface area (Å²) in [5.41, 5.74) is 3.48. The molecule has 0 spiro atoms. The molecule has 0 aliphatic heterocycles. The standard InChI is InChI=1S/C12H10N2O2S/c1-7-12(14-11(5-15)17-7)8-2-3-9-10(4-8)16-6-13-9/h2-4,6,15H,5H2,1H3. The Labute approximate surface area is 102 Å². The minimum absolute atomic E-state index is 0.0178. The maximum atomic E-state index is 9.08. The Hall–Kier alpha value is -1.72. The molecule has 3 aromatic rings. The summed E-state index contributed by atoms with van der Waals surface area (Å²) in [4.78, 5) is 9.56. The van der Waals surface area contributed by atoms with Crippen LogP contribution in [0.15, 0.2) is 29.0 Å². The molecule has 0 fully saturated rings. The van der Waals surface area contributed by atoms with E-state index in [9.17, 15) is 0 Å². The fourth-order valence-electron chi connectivity index (χ4n) is 1.79. The first-order chi connectivity index (χ1) is 8.28. The summed E-state index contributed by atoms with van der Waals surface area (Å²) in [5, 5.41) is 9.81. The van der Waals surface area contributed by atoms with E-state index in [-0.39, 0.29) is 6.61 Å². The number of benzene rings is 1. The lowest BCUT2D eigenvalue weighted by Gasteiger charge is -1.97. The quantitative estimate of drug-likeness (QED) is 0.755. The van der Waals surface area contributed by atoms with Gasteiger partial charge in [0.25, 0.3) is 0 Å². The zero-order valence-corrected chi connectivity index (χ0v) is 9.99. The van der Waals surface area contributed by atoms with Gasteiger partial charge in [0.05, 0.1) is 12.3 Å². The van der Waals surface area contributed by atoms with E-state index in [1.165, 1.54) is 17.7 Å². The van der Waals surface area contributed by atoms with Gasteiger partial charge >= 0.3 is 0 Å². The van der Waals surface area contributed by atoms with E-state index in [1.54, 1.807) is 0 Å². The SMILES string of the molecule is Cc1sc(CO)nc1-c1ccc2ncoc2c1. The molecular weight excluding hydrogens is 236 g/mol. The third kappa shape index (κ3) is 1.73. The fourth-order valence-corrected chi connectivity index (χ4v) is 2.60. The van der Waals surface area contributed by atoms with Crippen molar-refractivity contribution in [3.8, 4) is 11.3 Å². The van der Waals surface area contributed by atoms with Gasteiger partial charge in [-0.3, -0.25) is 0 Å². The normalized spacial score (nSPS) is 11.2. The van der Waals surface area contributed by atoms with Crippen LogP contribution in [-0.4, -0.2) is 15.1 Å². The Bertz CT molecular complexity index is 672. The highest BCUT2D eigenvalue weighted by molar-refractivity contribution is 7.12. The Balaban J connectivity index is 2.15. The van der Waals surface area contributed by atoms with Crippen molar-refractivity contribution in [3.63, 3.8) is 0 Å². The lowest BCUT2D eigenvalue weighted by atomic mass is 10.1. The molecule has 0 aliphatic rings. The molecule has 2 heterocycles. The van der Waals surface area contributed by atoms with Gasteiger partial charge in [-0.15, -0.1) is 11.3 Å². The second kappa shape index (κ2) is 3.94. The lowest BCUT2D eigenvalue weighted by molar-refractivity contribution is 0.281. The van der Waals surface area contributed by atoms with Gasteiger partial charge in [0.1, 0.15) is 10.5 Å². The zero-order valence-electron chi connectivity index (χ0n) is 9.17. The van der Waals surface area contributed by atoms with Crippen molar-refractivity contribution in [2.45, 2.75) is 13.5 Å². The molecule has 0 radical (unpaired) electrons. The van der Waals surface area contributed by atoms with Crippen LogP contribution in [0, 0.1) is 6.92 Å². The van der Waals surface area contributed by atoms with Gasteiger partial charge < -0.3 is 9.52 Å². The van der Waals surface area contributed by atoms with Crippen LogP contribution >= 0.6 is 11.3 Å². The number of thiazole rings is 1. The molecule has 5 heteroatoms. The van der Waals surface area contributed by atoms with Crippen molar-refractivity contribution >= 4 is 22.4 Å². The molecule has 0 bridgehead atoms. The average molecular weight is 246 g/mol. The van der Waals surface area contributed by atoms with Crippen LogP contribution in [0.2, 0.25) is 0 Å². The Kier molecular flexibility index (Phi) is 2.42. The number of aliphatic hydroxyl groups excluding tert-OH is 1. The van der Waals surface area contributed by atoms with Gasteiger partial charge in [-0.25, -0.2) is 9.97 Å². The number of hydrogen-bond acceptors (Lipinski definition) is 5. The van der Waals surface area contributed by atoms with Gasteiger partial charge in [-0.2, -0.15) is 0 Å². The lowest BCUT2D eigenvalue weighted by Crippen LogP contribution is -1.83. The number of hydrogen-bond donors (Lipinski definition) is 1. The van der Waals surface area contributed by atoms with E-state index in [2.05, 4.69) is 9.97 Å². The number of nitrogens with zero attached hydrogens (tertiary/aromatic N) is 2. The molecule has 1 N–H and O–H groups in total. The van der Waals surface area contributed by atoms with Crippen molar-refractivity contribution in [1.82, 2.24) is 9.97 Å². The minimum Gasteiger partial charge on any atom is -0.443 e. The molecule has 2 aromatic heterocycles. The molecule has 0 aliphatic carbocycles. The number of aryl methyl sites for hydroxylation is 1. The van der Waals surface area contributed by atoms with Crippen LogP contribution in [0.3, 0.4) is 0 Å². The van der Waals surface area contributed by atoms with Crippen LogP contribution in [0.5, 0.6) is 0 Å². The maximum Gasteiger partial charge on any atom is 0.181 e. The number of aromatic nitrogens is 2. The van der Waals surface area contributed by atoms with E-state index in [0.717, 1.165) is 32.2 Å². The largest absolute Gasteiger partial charge is 0.443 e. The first kappa shape index (κ1) is 10.4. The van der Waals surface area contributed by atoms with E-state index in [4.69, 9.17) is 9.52 Å². The maximum absolute atomic E-state index is 9.08. The van der Waals surface area contributed by atoms with E-state index >= 15 is 0 Å². The highest BCUT2D eigenvalue weighted by Crippen LogP contribution is 2.29. The molecule has 0 unspecified atom stereocenters. The minimum atomic E-state index is -0.0178. The third-order valence-electron chi connectivity index (χ3n) is 2.58. The molecule has 0 amide bonds. The van der Waals surface area contributed by atoms with Crippen LogP contribution in [0.25, 0.3) is 22.4 Å². The Morgan fingerprint density at radius 1 is 1.41 bits per heavy atom. The van der Waals surface area contributed by atoms with Crippen LogP contribution in [-0.2, 0) is 6.61 Å². The number of fused-ring (bicyclic) bond motifs is 1. The smallest absolute Gasteiger partial charge is 0.181 e. The van der Waals surface area contributed by atoms with Crippen molar-refractivity contribution in [1.29, 1.82) is 0 Å². The summed E-state index contributed by atoms with van der Waals surface area (Å²) in [7, 11) is 0. The molecule has 0 atom stereocenters. The Morgan fingerprint density at radius 3 is 3.06 bits per heavy atom. The van der Waals surface area contributed by atoms with Gasteiger partial charge in [-0.1, -0.05) is 6.07 Å². The monoisotopic (exact) mass is 246 g/mol. The number of aliphatic hydroxyl groups is 1. The molecular formula is C12H10N2O2S. The summed E-state index contributed by atoms with van der Waals surface area (Å²) in [6.07, 6.45) is 1.43. The second-order valence-corrected chi connectivity index (χ2v) is 4.99. The highest BCUT2D eigenvalue weighted by Gasteiger charge is 2.10. The first-order valence-corrected chi connectivity index (χ1v) is 6.00. The van der Waals surface area contributed by atoms with Crippen molar-refractivity contribution in [2.75, 3.05) is 0 Å². The molecule has 1 aromatic carbocycles. The predicted molar refractivity (Wildman–Crippen MR) is 65.8 cm³/mol. The van der Waals surface area contributed by atoms with Crippen molar-refractivity contribution < 1.29 is 9.52 Å². The van der Waals surface area contributed by atoms with Crippen LogP contribution < -0.4 is 0 Å². The molecule has 17 heavy (non-hydrogen) atoms. The molecule has 0 saturated carbocycles. The van der Waals surface area contributed by atoms with Crippen LogP contribution in [0.1, 0.15) is 9.88 Å². The van der Waals surface area contributed by atoms with E-state index in [1.807, 2.05) is 25.1 Å². The van der Waals surface area contributed by atoms with Gasteiger partial charge in [0, 0.05) is 10.4 Å². The predicted octanol–water partition coefficient (Wildman–Crippen LogP) is 2.75. The number of oxazole rings is 1. The third-order valence-corrected chi connectivity index (χ3v) is 3.54. The fraction of sp³-hybridized carbons (Fsp3) is 0.167. The molecule has 86 valence electrons. The summed E-state index contributed by atoms with van der Waals surface area (Å²) < 4.78 is 5.27. The molecule has 4 nitrogen and oxygen atoms in total. The average Bonchev–Trinajstić information content (AvgIpc) is 2.93. The number of rotatable bonds is 2. The van der Waals surface area contributed by atoms with Gasteiger partial charge in [0.15, 0.2) is 12.0 Å². The molecule has 3 rings (SSSR count). The first-order valence-electron chi connectivity index (χ1n) is 5.18. The summed E-state index contributed by atoms with van der Waals surface area (Å²) in [6.45, 7) is 1.98. The summed E-state index contributed by atoms with van der Waals surface area (Å²) >= 11 is 1.51. The highest BCUT2D eigenvalue weighted by atomic mass is 32.1. The van der Waals surface area contributed by atoms with Gasteiger partial charge in [-0.05, 0) is 19.1 Å². The summed E-state index contributed by atoms with van der Waals surface area (Å²) in [5.74, 6) is 0. The van der Waals surface area contributed by atoms with Crippen LogP contribution in [0.4, 0.5) is 0 Å². The van der Waals surface area contributed by atoms with E-state index in [0.29, 0.717) is 0 Å². The second-order valence-electron chi connectivity index (χ2n) is 3.71. The Morgan fingerprint density at radius 2 is 2.29 bits per heavy atom. The van der Waals surface area contributed by atoms with Crippen molar-refractivity contribution in [3.05, 3.63) is 34.5 Å². The van der Waals surface area contributed by atoms with Crippen molar-refractivity contribution in [2.24, 2.45) is 0 Å². The molecule has 0 saturated heterocycles. The van der Waals surface area contributed by atoms with E-state index < -0.39 is 0 Å². The van der Waals surface area contributed by atoms with Gasteiger partial charge in [0.2, 0.25) is 0 Å². The topological polar surface area (TPSA) is 59.2 Å².